The van der Waals surface area contributed by atoms with Crippen LogP contribution in [0.5, 0.6) is 0 Å². The van der Waals surface area contributed by atoms with E-state index in [0.29, 0.717) is 6.04 Å². The maximum atomic E-state index is 4.62. The zero-order valence-electron chi connectivity index (χ0n) is 11.9. The van der Waals surface area contributed by atoms with E-state index in [2.05, 4.69) is 34.4 Å². The fourth-order valence-corrected chi connectivity index (χ4v) is 3.51. The van der Waals surface area contributed by atoms with E-state index in [-0.39, 0.29) is 0 Å². The van der Waals surface area contributed by atoms with Crippen LogP contribution in [0.3, 0.4) is 0 Å². The van der Waals surface area contributed by atoms with Gasteiger partial charge in [-0.1, -0.05) is 13.3 Å². The van der Waals surface area contributed by atoms with Gasteiger partial charge in [0.15, 0.2) is 0 Å². The number of aryl methyl sites for hydroxylation is 1. The van der Waals surface area contributed by atoms with E-state index < -0.39 is 0 Å². The lowest BCUT2D eigenvalue weighted by Crippen LogP contribution is -2.27. The second-order valence-corrected chi connectivity index (χ2v) is 6.08. The molecule has 0 saturated heterocycles. The van der Waals surface area contributed by atoms with Crippen LogP contribution in [-0.2, 0) is 0 Å². The molecule has 19 heavy (non-hydrogen) atoms. The summed E-state index contributed by atoms with van der Waals surface area (Å²) in [4.78, 5) is 8.96. The van der Waals surface area contributed by atoms with E-state index in [1.807, 2.05) is 6.20 Å². The first-order chi connectivity index (χ1) is 9.26. The Labute approximate surface area is 115 Å². The van der Waals surface area contributed by atoms with Crippen LogP contribution in [0, 0.1) is 18.8 Å². The molecule has 104 valence electrons. The monoisotopic (exact) mass is 260 g/mol. The summed E-state index contributed by atoms with van der Waals surface area (Å²) in [6, 6.07) is 0.631. The number of fused-ring (bicyclic) bond motifs is 2. The summed E-state index contributed by atoms with van der Waals surface area (Å²) in [7, 11) is 0. The molecule has 2 fully saturated rings. The molecule has 3 atom stereocenters. The summed E-state index contributed by atoms with van der Waals surface area (Å²) in [5.74, 6) is 3.60. The molecule has 2 N–H and O–H groups in total. The van der Waals surface area contributed by atoms with Crippen LogP contribution < -0.4 is 10.6 Å². The Bertz CT molecular complexity index is 446. The normalized spacial score (nSPS) is 28.6. The van der Waals surface area contributed by atoms with E-state index in [4.69, 9.17) is 0 Å². The Hall–Kier alpha value is -1.32. The van der Waals surface area contributed by atoms with Crippen molar-refractivity contribution < 1.29 is 0 Å². The summed E-state index contributed by atoms with van der Waals surface area (Å²) in [6.45, 7) is 5.16. The van der Waals surface area contributed by atoms with Gasteiger partial charge in [-0.2, -0.15) is 4.98 Å². The summed E-state index contributed by atoms with van der Waals surface area (Å²) in [5, 5.41) is 6.92. The van der Waals surface area contributed by atoms with Crippen LogP contribution >= 0.6 is 0 Å². The zero-order chi connectivity index (χ0) is 13.2. The molecule has 1 aromatic rings. The predicted octanol–water partition coefficient (Wildman–Crippen LogP) is 3.21. The summed E-state index contributed by atoms with van der Waals surface area (Å²) in [6.07, 6.45) is 8.59. The molecule has 2 aliphatic rings. The number of nitrogens with zero attached hydrogens (tertiary/aromatic N) is 2. The second-order valence-electron chi connectivity index (χ2n) is 6.08. The molecule has 0 radical (unpaired) electrons. The summed E-state index contributed by atoms with van der Waals surface area (Å²) < 4.78 is 0. The lowest BCUT2D eigenvalue weighted by molar-refractivity contribution is 0.439. The quantitative estimate of drug-likeness (QED) is 0.853. The Morgan fingerprint density at radius 3 is 2.89 bits per heavy atom. The molecule has 3 rings (SSSR count). The standard InChI is InChI=1S/C15H24N4/c1-3-6-16-15-17-9-10(2)14(19-15)18-13-8-11-4-5-12(13)7-11/h9,11-13H,3-8H2,1-2H3,(H2,16,17,18,19). The zero-order valence-corrected chi connectivity index (χ0v) is 11.9. The third-order valence-corrected chi connectivity index (χ3v) is 4.57. The lowest BCUT2D eigenvalue weighted by Gasteiger charge is -2.24. The van der Waals surface area contributed by atoms with Gasteiger partial charge in [-0.3, -0.25) is 0 Å². The average molecular weight is 260 g/mol. The van der Waals surface area contributed by atoms with Crippen LogP contribution in [0.4, 0.5) is 11.8 Å². The number of hydrogen-bond donors (Lipinski definition) is 2. The molecule has 0 spiro atoms. The molecule has 2 bridgehead atoms. The van der Waals surface area contributed by atoms with Crippen molar-refractivity contribution >= 4 is 11.8 Å². The van der Waals surface area contributed by atoms with Crippen LogP contribution in [-0.4, -0.2) is 22.6 Å². The first-order valence-electron chi connectivity index (χ1n) is 7.60. The SMILES string of the molecule is CCCNc1ncc(C)c(NC2CC3CCC2C3)n1. The lowest BCUT2D eigenvalue weighted by atomic mass is 9.95. The Balaban J connectivity index is 1.69. The minimum absolute atomic E-state index is 0.631. The predicted molar refractivity (Wildman–Crippen MR) is 78.4 cm³/mol. The second kappa shape index (κ2) is 5.35. The largest absolute Gasteiger partial charge is 0.367 e. The number of hydrogen-bond acceptors (Lipinski definition) is 4. The van der Waals surface area contributed by atoms with Crippen molar-refractivity contribution in [3.8, 4) is 0 Å². The average Bonchev–Trinajstić information content (AvgIpc) is 3.02. The van der Waals surface area contributed by atoms with E-state index in [0.717, 1.165) is 42.1 Å². The van der Waals surface area contributed by atoms with E-state index >= 15 is 0 Å². The third kappa shape index (κ3) is 2.67. The maximum absolute atomic E-state index is 4.62. The molecular formula is C15H24N4. The number of nitrogens with one attached hydrogen (secondary N) is 2. The molecule has 3 unspecified atom stereocenters. The van der Waals surface area contributed by atoms with Gasteiger partial charge in [-0.05, 0) is 44.4 Å². The van der Waals surface area contributed by atoms with Crippen LogP contribution in [0.2, 0.25) is 0 Å². The summed E-state index contributed by atoms with van der Waals surface area (Å²) in [5.41, 5.74) is 1.14. The fraction of sp³-hybridized carbons (Fsp3) is 0.733. The number of aromatic nitrogens is 2. The molecule has 2 saturated carbocycles. The van der Waals surface area contributed by atoms with Crippen molar-refractivity contribution in [2.75, 3.05) is 17.2 Å². The van der Waals surface area contributed by atoms with Gasteiger partial charge in [-0.25, -0.2) is 4.98 Å². The topological polar surface area (TPSA) is 49.8 Å². The Morgan fingerprint density at radius 2 is 2.21 bits per heavy atom. The molecule has 0 amide bonds. The molecule has 1 heterocycles. The fourth-order valence-electron chi connectivity index (χ4n) is 3.51. The van der Waals surface area contributed by atoms with Crippen molar-refractivity contribution in [1.29, 1.82) is 0 Å². The van der Waals surface area contributed by atoms with E-state index in [1.54, 1.807) is 0 Å². The van der Waals surface area contributed by atoms with Gasteiger partial charge >= 0.3 is 0 Å². The molecule has 0 aliphatic heterocycles. The van der Waals surface area contributed by atoms with Gasteiger partial charge in [-0.15, -0.1) is 0 Å². The van der Waals surface area contributed by atoms with Crippen molar-refractivity contribution in [3.05, 3.63) is 11.8 Å². The highest BCUT2D eigenvalue weighted by atomic mass is 15.1. The number of anilines is 2. The van der Waals surface area contributed by atoms with Gasteiger partial charge in [0.05, 0.1) is 0 Å². The first-order valence-corrected chi connectivity index (χ1v) is 7.60. The molecule has 4 heteroatoms. The Morgan fingerprint density at radius 1 is 1.32 bits per heavy atom. The molecule has 1 aromatic heterocycles. The van der Waals surface area contributed by atoms with Gasteiger partial charge < -0.3 is 10.6 Å². The highest BCUT2D eigenvalue weighted by molar-refractivity contribution is 5.47. The van der Waals surface area contributed by atoms with Crippen LogP contribution in [0.1, 0.15) is 44.6 Å². The highest BCUT2D eigenvalue weighted by Crippen LogP contribution is 2.45. The molecule has 4 nitrogen and oxygen atoms in total. The molecule has 2 aliphatic carbocycles. The summed E-state index contributed by atoms with van der Waals surface area (Å²) >= 11 is 0. The minimum Gasteiger partial charge on any atom is -0.367 e. The van der Waals surface area contributed by atoms with Gasteiger partial charge in [0.2, 0.25) is 5.95 Å². The third-order valence-electron chi connectivity index (χ3n) is 4.57. The van der Waals surface area contributed by atoms with Crippen molar-refractivity contribution in [1.82, 2.24) is 9.97 Å². The van der Waals surface area contributed by atoms with E-state index in [1.165, 1.54) is 25.7 Å². The van der Waals surface area contributed by atoms with Crippen LogP contribution in [0.15, 0.2) is 6.20 Å². The van der Waals surface area contributed by atoms with Gasteiger partial charge in [0.1, 0.15) is 5.82 Å². The van der Waals surface area contributed by atoms with Crippen molar-refractivity contribution in [2.45, 2.75) is 52.0 Å². The maximum Gasteiger partial charge on any atom is 0.224 e. The van der Waals surface area contributed by atoms with Gasteiger partial charge in [0.25, 0.3) is 0 Å². The first kappa shape index (κ1) is 12.7. The molecule has 0 aromatic carbocycles. The van der Waals surface area contributed by atoms with Crippen molar-refractivity contribution in [2.24, 2.45) is 11.8 Å². The number of rotatable bonds is 5. The minimum atomic E-state index is 0.631. The highest BCUT2D eigenvalue weighted by Gasteiger charge is 2.39. The Kier molecular flexibility index (Phi) is 3.58. The van der Waals surface area contributed by atoms with Crippen LogP contribution in [0.25, 0.3) is 0 Å². The molecular weight excluding hydrogens is 236 g/mol. The van der Waals surface area contributed by atoms with E-state index in [9.17, 15) is 0 Å². The van der Waals surface area contributed by atoms with Gasteiger partial charge in [0, 0.05) is 24.3 Å². The smallest absolute Gasteiger partial charge is 0.224 e. The van der Waals surface area contributed by atoms with Crippen molar-refractivity contribution in [3.63, 3.8) is 0 Å².